The SMILES string of the molecule is CCOc1ccc(NC(=O)C2(c3cccc(C)c3)CCOCC2)cn1. The molecule has 132 valence electrons. The maximum atomic E-state index is 13.2. The maximum absolute atomic E-state index is 13.2. The van der Waals surface area contributed by atoms with Crippen molar-refractivity contribution in [3.05, 3.63) is 53.7 Å². The molecule has 0 radical (unpaired) electrons. The summed E-state index contributed by atoms with van der Waals surface area (Å²) >= 11 is 0. The second-order valence-electron chi connectivity index (χ2n) is 6.34. The van der Waals surface area contributed by atoms with Gasteiger partial charge in [-0.05, 0) is 38.3 Å². The van der Waals surface area contributed by atoms with E-state index in [1.807, 2.05) is 38.1 Å². The lowest BCUT2D eigenvalue weighted by Gasteiger charge is -2.36. The minimum atomic E-state index is -0.567. The number of amides is 1. The zero-order valence-electron chi connectivity index (χ0n) is 14.7. The molecular weight excluding hydrogens is 316 g/mol. The van der Waals surface area contributed by atoms with Crippen LogP contribution in [0.2, 0.25) is 0 Å². The Labute approximate surface area is 148 Å². The van der Waals surface area contributed by atoms with Crippen molar-refractivity contribution >= 4 is 11.6 Å². The minimum absolute atomic E-state index is 0.00707. The molecule has 5 nitrogen and oxygen atoms in total. The van der Waals surface area contributed by atoms with Gasteiger partial charge in [-0.2, -0.15) is 0 Å². The number of aryl methyl sites for hydroxylation is 1. The van der Waals surface area contributed by atoms with E-state index in [-0.39, 0.29) is 5.91 Å². The van der Waals surface area contributed by atoms with Crippen LogP contribution in [-0.4, -0.2) is 30.7 Å². The zero-order chi connectivity index (χ0) is 17.7. The van der Waals surface area contributed by atoms with Gasteiger partial charge in [-0.1, -0.05) is 29.8 Å². The Morgan fingerprint density at radius 3 is 2.72 bits per heavy atom. The Morgan fingerprint density at radius 2 is 2.08 bits per heavy atom. The van der Waals surface area contributed by atoms with Crippen molar-refractivity contribution in [2.75, 3.05) is 25.1 Å². The van der Waals surface area contributed by atoms with Crippen LogP contribution >= 0.6 is 0 Å². The highest BCUT2D eigenvalue weighted by Gasteiger charge is 2.41. The molecule has 1 aliphatic heterocycles. The molecule has 0 spiro atoms. The number of ether oxygens (including phenoxy) is 2. The molecule has 1 aromatic heterocycles. The highest BCUT2D eigenvalue weighted by atomic mass is 16.5. The van der Waals surface area contributed by atoms with Crippen molar-refractivity contribution in [1.29, 1.82) is 0 Å². The number of pyridine rings is 1. The van der Waals surface area contributed by atoms with Crippen molar-refractivity contribution in [2.24, 2.45) is 0 Å². The smallest absolute Gasteiger partial charge is 0.235 e. The first kappa shape index (κ1) is 17.4. The van der Waals surface area contributed by atoms with E-state index in [0.717, 1.165) is 11.1 Å². The van der Waals surface area contributed by atoms with E-state index in [0.29, 0.717) is 44.2 Å². The Hall–Kier alpha value is -2.40. The Morgan fingerprint density at radius 1 is 1.28 bits per heavy atom. The highest BCUT2D eigenvalue weighted by molar-refractivity contribution is 5.99. The van der Waals surface area contributed by atoms with E-state index < -0.39 is 5.41 Å². The van der Waals surface area contributed by atoms with E-state index in [4.69, 9.17) is 9.47 Å². The van der Waals surface area contributed by atoms with E-state index in [1.165, 1.54) is 0 Å². The number of rotatable bonds is 5. The molecule has 25 heavy (non-hydrogen) atoms. The summed E-state index contributed by atoms with van der Waals surface area (Å²) in [5, 5.41) is 3.03. The average molecular weight is 340 g/mol. The van der Waals surface area contributed by atoms with Gasteiger partial charge in [-0.3, -0.25) is 4.79 Å². The largest absolute Gasteiger partial charge is 0.478 e. The fourth-order valence-electron chi connectivity index (χ4n) is 3.25. The summed E-state index contributed by atoms with van der Waals surface area (Å²) < 4.78 is 10.9. The molecule has 0 atom stereocenters. The summed E-state index contributed by atoms with van der Waals surface area (Å²) in [6.07, 6.45) is 2.98. The van der Waals surface area contributed by atoms with Crippen molar-refractivity contribution in [3.63, 3.8) is 0 Å². The molecule has 0 saturated carbocycles. The number of hydrogen-bond acceptors (Lipinski definition) is 4. The van der Waals surface area contributed by atoms with Gasteiger partial charge in [-0.25, -0.2) is 4.98 Å². The van der Waals surface area contributed by atoms with Gasteiger partial charge in [0.05, 0.1) is 23.9 Å². The lowest BCUT2D eigenvalue weighted by Crippen LogP contribution is -2.44. The maximum Gasteiger partial charge on any atom is 0.235 e. The van der Waals surface area contributed by atoms with Gasteiger partial charge in [0.1, 0.15) is 0 Å². The molecule has 3 rings (SSSR count). The monoisotopic (exact) mass is 340 g/mol. The van der Waals surface area contributed by atoms with Crippen LogP contribution in [0.15, 0.2) is 42.6 Å². The Balaban J connectivity index is 1.84. The van der Waals surface area contributed by atoms with Gasteiger partial charge in [0.15, 0.2) is 0 Å². The van der Waals surface area contributed by atoms with E-state index in [2.05, 4.69) is 16.4 Å². The number of aromatic nitrogens is 1. The number of carbonyl (C=O) groups excluding carboxylic acids is 1. The third kappa shape index (κ3) is 3.82. The summed E-state index contributed by atoms with van der Waals surface area (Å²) in [6.45, 7) is 5.69. The standard InChI is InChI=1S/C20H24N2O3/c1-3-25-18-8-7-17(14-21-18)22-19(23)20(9-11-24-12-10-20)16-6-4-5-15(2)13-16/h4-8,13-14H,3,9-12H2,1-2H3,(H,22,23). The van der Waals surface area contributed by atoms with Crippen LogP contribution in [0.4, 0.5) is 5.69 Å². The van der Waals surface area contributed by atoms with Crippen LogP contribution < -0.4 is 10.1 Å². The fourth-order valence-corrected chi connectivity index (χ4v) is 3.25. The topological polar surface area (TPSA) is 60.5 Å². The quantitative estimate of drug-likeness (QED) is 0.905. The summed E-state index contributed by atoms with van der Waals surface area (Å²) in [7, 11) is 0. The lowest BCUT2D eigenvalue weighted by molar-refractivity contribution is -0.125. The molecule has 1 N–H and O–H groups in total. The fraction of sp³-hybridized carbons (Fsp3) is 0.400. The molecule has 0 bridgehead atoms. The first-order chi connectivity index (χ1) is 12.1. The molecule has 1 saturated heterocycles. The molecular formula is C20H24N2O3. The zero-order valence-corrected chi connectivity index (χ0v) is 14.7. The first-order valence-electron chi connectivity index (χ1n) is 8.69. The van der Waals surface area contributed by atoms with Gasteiger partial charge >= 0.3 is 0 Å². The third-order valence-electron chi connectivity index (χ3n) is 4.64. The van der Waals surface area contributed by atoms with E-state index >= 15 is 0 Å². The van der Waals surface area contributed by atoms with Crippen molar-refractivity contribution < 1.29 is 14.3 Å². The number of hydrogen-bond donors (Lipinski definition) is 1. The molecule has 2 aromatic rings. The predicted molar refractivity (Wildman–Crippen MR) is 96.9 cm³/mol. The van der Waals surface area contributed by atoms with Gasteiger partial charge in [0.2, 0.25) is 11.8 Å². The van der Waals surface area contributed by atoms with Crippen LogP contribution in [0.3, 0.4) is 0 Å². The summed E-state index contributed by atoms with van der Waals surface area (Å²) in [4.78, 5) is 17.4. The number of carbonyl (C=O) groups is 1. The number of benzene rings is 1. The van der Waals surface area contributed by atoms with Crippen LogP contribution in [0, 0.1) is 6.92 Å². The number of nitrogens with zero attached hydrogens (tertiary/aromatic N) is 1. The summed E-state index contributed by atoms with van der Waals surface area (Å²) in [5.74, 6) is 0.548. The van der Waals surface area contributed by atoms with Gasteiger partial charge in [-0.15, -0.1) is 0 Å². The second-order valence-corrected chi connectivity index (χ2v) is 6.34. The molecule has 0 unspecified atom stereocenters. The highest BCUT2D eigenvalue weighted by Crippen LogP contribution is 2.36. The first-order valence-corrected chi connectivity index (χ1v) is 8.69. The molecule has 1 fully saturated rings. The third-order valence-corrected chi connectivity index (χ3v) is 4.64. The molecule has 1 aromatic carbocycles. The molecule has 1 aliphatic rings. The molecule has 5 heteroatoms. The average Bonchev–Trinajstić information content (AvgIpc) is 2.64. The number of nitrogens with one attached hydrogen (secondary N) is 1. The lowest BCUT2D eigenvalue weighted by atomic mass is 9.73. The molecule has 2 heterocycles. The van der Waals surface area contributed by atoms with Gasteiger partial charge < -0.3 is 14.8 Å². The van der Waals surface area contributed by atoms with Crippen molar-refractivity contribution in [3.8, 4) is 5.88 Å². The normalized spacial score (nSPS) is 16.2. The number of anilines is 1. The van der Waals surface area contributed by atoms with Crippen LogP contribution in [0.25, 0.3) is 0 Å². The second kappa shape index (κ2) is 7.66. The van der Waals surface area contributed by atoms with E-state index in [1.54, 1.807) is 12.3 Å². The van der Waals surface area contributed by atoms with Gasteiger partial charge in [0, 0.05) is 19.3 Å². The minimum Gasteiger partial charge on any atom is -0.478 e. The van der Waals surface area contributed by atoms with Crippen molar-refractivity contribution in [1.82, 2.24) is 4.98 Å². The van der Waals surface area contributed by atoms with E-state index in [9.17, 15) is 4.79 Å². The summed E-state index contributed by atoms with van der Waals surface area (Å²) in [5.41, 5.74) is 2.31. The van der Waals surface area contributed by atoms with Gasteiger partial charge in [0.25, 0.3) is 0 Å². The molecule has 1 amide bonds. The van der Waals surface area contributed by atoms with Crippen LogP contribution in [0.1, 0.15) is 30.9 Å². The summed E-state index contributed by atoms with van der Waals surface area (Å²) in [6, 6.07) is 11.8. The van der Waals surface area contributed by atoms with Crippen molar-refractivity contribution in [2.45, 2.75) is 32.1 Å². The Kier molecular flexibility index (Phi) is 5.34. The van der Waals surface area contributed by atoms with Crippen LogP contribution in [-0.2, 0) is 14.9 Å². The molecule has 0 aliphatic carbocycles. The van der Waals surface area contributed by atoms with Crippen LogP contribution in [0.5, 0.6) is 5.88 Å². The predicted octanol–water partition coefficient (Wildman–Crippen LogP) is 3.48. The Bertz CT molecular complexity index is 722.